The van der Waals surface area contributed by atoms with Crippen LogP contribution in [0.2, 0.25) is 0 Å². The molecule has 0 spiro atoms. The minimum atomic E-state index is -0.560. The molecule has 0 saturated heterocycles. The fourth-order valence-corrected chi connectivity index (χ4v) is 4.80. The molecule has 0 aromatic heterocycles. The summed E-state index contributed by atoms with van der Waals surface area (Å²) in [7, 11) is 4.08. The van der Waals surface area contributed by atoms with Crippen LogP contribution in [0.25, 0.3) is 6.08 Å². The number of hydrogen-bond acceptors (Lipinski definition) is 5. The van der Waals surface area contributed by atoms with E-state index in [9.17, 15) is 9.59 Å². The van der Waals surface area contributed by atoms with Crippen LogP contribution in [0, 0.1) is 5.41 Å². The number of nitrogens with zero attached hydrogens (tertiary/aromatic N) is 2. The molecule has 2 atom stereocenters. The van der Waals surface area contributed by atoms with Crippen molar-refractivity contribution in [3.05, 3.63) is 101 Å². The van der Waals surface area contributed by atoms with Gasteiger partial charge in [0.1, 0.15) is 6.54 Å². The molecule has 1 aliphatic carbocycles. The Hall–Kier alpha value is -4.23. The van der Waals surface area contributed by atoms with Gasteiger partial charge in [-0.1, -0.05) is 60.7 Å². The average Bonchev–Trinajstić information content (AvgIpc) is 3.66. The second kappa shape index (κ2) is 11.2. The smallest absolute Gasteiger partial charge is 0.237 e. The van der Waals surface area contributed by atoms with Gasteiger partial charge in [0, 0.05) is 23.5 Å². The van der Waals surface area contributed by atoms with Crippen LogP contribution < -0.4 is 16.4 Å². The SMILES string of the molecule is CN(C)Cc1cccc(C=CC(=N)c2ccc(C3CC3c3ccccc3N(C=O)CC(N)=O)cc2N)c1. The molecule has 190 valence electrons. The van der Waals surface area contributed by atoms with Crippen molar-refractivity contribution >= 4 is 35.5 Å². The molecule has 1 saturated carbocycles. The predicted octanol–water partition coefficient (Wildman–Crippen LogP) is 4.13. The summed E-state index contributed by atoms with van der Waals surface area (Å²) >= 11 is 0. The molecule has 1 aliphatic rings. The van der Waals surface area contributed by atoms with Crippen LogP contribution in [0.4, 0.5) is 11.4 Å². The normalized spacial score (nSPS) is 16.6. The lowest BCUT2D eigenvalue weighted by Crippen LogP contribution is -2.33. The molecule has 7 nitrogen and oxygen atoms in total. The van der Waals surface area contributed by atoms with Gasteiger partial charge in [0.25, 0.3) is 0 Å². The first kappa shape index (κ1) is 25.9. The Bertz CT molecular complexity index is 1350. The van der Waals surface area contributed by atoms with Gasteiger partial charge in [0.05, 0.1) is 5.71 Å². The Kier molecular flexibility index (Phi) is 7.84. The molecule has 3 aromatic carbocycles. The predicted molar refractivity (Wildman–Crippen MR) is 150 cm³/mol. The van der Waals surface area contributed by atoms with Gasteiger partial charge in [-0.25, -0.2) is 0 Å². The van der Waals surface area contributed by atoms with Gasteiger partial charge >= 0.3 is 0 Å². The molecule has 5 N–H and O–H groups in total. The van der Waals surface area contributed by atoms with E-state index in [1.54, 1.807) is 6.08 Å². The maximum Gasteiger partial charge on any atom is 0.237 e. The number of primary amides is 1. The first-order valence-corrected chi connectivity index (χ1v) is 12.3. The Labute approximate surface area is 217 Å². The van der Waals surface area contributed by atoms with Crippen molar-refractivity contribution in [1.29, 1.82) is 5.41 Å². The minimum absolute atomic E-state index is 0.158. The first-order valence-electron chi connectivity index (χ1n) is 12.3. The fraction of sp³-hybridized carbons (Fsp3) is 0.233. The zero-order chi connectivity index (χ0) is 26.5. The lowest BCUT2D eigenvalue weighted by molar-refractivity contribution is -0.118. The number of amides is 2. The lowest BCUT2D eigenvalue weighted by Gasteiger charge is -2.19. The molecule has 7 heteroatoms. The van der Waals surface area contributed by atoms with E-state index in [1.165, 1.54) is 10.5 Å². The summed E-state index contributed by atoms with van der Waals surface area (Å²) < 4.78 is 0. The summed E-state index contributed by atoms with van der Waals surface area (Å²) in [4.78, 5) is 26.5. The molecule has 1 fully saturated rings. The van der Waals surface area contributed by atoms with Gasteiger partial charge < -0.3 is 26.7 Å². The topological polar surface area (TPSA) is 117 Å². The standard InChI is InChI=1S/C30H33N5O2/c1-34(2)17-21-7-5-6-20(14-21)10-13-27(31)24-12-11-22(15-28(24)32)25-16-26(25)23-8-3-4-9-29(23)35(19-36)18-30(33)37/h3-15,19,25-26,31H,16-18,32H2,1-2H3,(H2,33,37). The van der Waals surface area contributed by atoms with E-state index in [0.29, 0.717) is 29.1 Å². The maximum atomic E-state index is 11.6. The molecular weight excluding hydrogens is 462 g/mol. The van der Waals surface area contributed by atoms with Crippen molar-refractivity contribution in [2.24, 2.45) is 5.73 Å². The number of benzene rings is 3. The van der Waals surface area contributed by atoms with E-state index >= 15 is 0 Å². The summed E-state index contributed by atoms with van der Waals surface area (Å²) in [6.45, 7) is 0.702. The lowest BCUT2D eigenvalue weighted by atomic mass is 9.98. The van der Waals surface area contributed by atoms with Crippen LogP contribution in [0.3, 0.4) is 0 Å². The molecule has 0 radical (unpaired) electrons. The van der Waals surface area contributed by atoms with Crippen molar-refractivity contribution in [2.75, 3.05) is 31.3 Å². The van der Waals surface area contributed by atoms with Crippen molar-refractivity contribution < 1.29 is 9.59 Å². The van der Waals surface area contributed by atoms with Crippen LogP contribution in [-0.2, 0) is 16.1 Å². The highest BCUT2D eigenvalue weighted by Gasteiger charge is 2.41. The molecule has 4 rings (SSSR count). The average molecular weight is 496 g/mol. The van der Waals surface area contributed by atoms with E-state index in [4.69, 9.17) is 16.9 Å². The van der Waals surface area contributed by atoms with Crippen molar-refractivity contribution in [3.8, 4) is 0 Å². The molecule has 0 aliphatic heterocycles. The number of anilines is 2. The number of hydrogen-bond donors (Lipinski definition) is 3. The van der Waals surface area contributed by atoms with Crippen LogP contribution in [0.1, 0.15) is 46.1 Å². The molecular formula is C30H33N5O2. The Morgan fingerprint density at radius 3 is 2.54 bits per heavy atom. The van der Waals surface area contributed by atoms with Gasteiger partial charge in [-0.05, 0) is 72.8 Å². The molecule has 2 amide bonds. The molecule has 0 heterocycles. The number of rotatable bonds is 11. The minimum Gasteiger partial charge on any atom is -0.398 e. The Balaban J connectivity index is 1.48. The maximum absolute atomic E-state index is 11.6. The van der Waals surface area contributed by atoms with E-state index in [1.807, 2.05) is 74.8 Å². The van der Waals surface area contributed by atoms with Gasteiger partial charge in [0.2, 0.25) is 12.3 Å². The summed E-state index contributed by atoms with van der Waals surface area (Å²) in [6, 6.07) is 21.8. The summed E-state index contributed by atoms with van der Waals surface area (Å²) in [5, 5.41) is 8.56. The highest BCUT2D eigenvalue weighted by Crippen LogP contribution is 2.56. The number of allylic oxidation sites excluding steroid dienone is 1. The number of carbonyl (C=O) groups excluding carboxylic acids is 2. The number of nitrogens with two attached hydrogens (primary N) is 2. The van der Waals surface area contributed by atoms with Gasteiger partial charge in [0.15, 0.2) is 0 Å². The highest BCUT2D eigenvalue weighted by molar-refractivity contribution is 6.11. The van der Waals surface area contributed by atoms with Gasteiger partial charge in [-0.15, -0.1) is 0 Å². The number of nitrogen functional groups attached to an aromatic ring is 1. The Morgan fingerprint density at radius 2 is 1.84 bits per heavy atom. The van der Waals surface area contributed by atoms with E-state index < -0.39 is 5.91 Å². The third kappa shape index (κ3) is 6.32. The second-order valence-electron chi connectivity index (χ2n) is 9.78. The second-order valence-corrected chi connectivity index (χ2v) is 9.78. The van der Waals surface area contributed by atoms with Crippen molar-refractivity contribution in [3.63, 3.8) is 0 Å². The third-order valence-corrected chi connectivity index (χ3v) is 6.58. The fourth-order valence-electron chi connectivity index (χ4n) is 4.80. The first-order chi connectivity index (χ1) is 17.8. The van der Waals surface area contributed by atoms with Crippen molar-refractivity contribution in [2.45, 2.75) is 24.8 Å². The van der Waals surface area contributed by atoms with Crippen LogP contribution in [-0.4, -0.2) is 43.6 Å². The summed E-state index contributed by atoms with van der Waals surface area (Å²) in [5.74, 6) is -0.0929. The van der Waals surface area contributed by atoms with Crippen molar-refractivity contribution in [1.82, 2.24) is 4.90 Å². The molecule has 0 bridgehead atoms. The van der Waals surface area contributed by atoms with Crippen LogP contribution in [0.5, 0.6) is 0 Å². The van der Waals surface area contributed by atoms with Gasteiger partial charge in [-0.2, -0.15) is 0 Å². The van der Waals surface area contributed by atoms with E-state index in [2.05, 4.69) is 17.0 Å². The zero-order valence-electron chi connectivity index (χ0n) is 21.2. The quantitative estimate of drug-likeness (QED) is 0.211. The largest absolute Gasteiger partial charge is 0.398 e. The number of para-hydroxylation sites is 1. The van der Waals surface area contributed by atoms with Crippen LogP contribution in [0.15, 0.2) is 72.8 Å². The van der Waals surface area contributed by atoms with E-state index in [0.717, 1.165) is 29.7 Å². The van der Waals surface area contributed by atoms with Crippen LogP contribution >= 0.6 is 0 Å². The molecule has 37 heavy (non-hydrogen) atoms. The summed E-state index contributed by atoms with van der Waals surface area (Å²) in [6.07, 6.45) is 5.28. The highest BCUT2D eigenvalue weighted by atomic mass is 16.2. The Morgan fingerprint density at radius 1 is 1.05 bits per heavy atom. The zero-order valence-corrected chi connectivity index (χ0v) is 21.2. The molecule has 3 aromatic rings. The molecule has 2 unspecified atom stereocenters. The monoisotopic (exact) mass is 495 g/mol. The van der Waals surface area contributed by atoms with E-state index in [-0.39, 0.29) is 18.4 Å². The van der Waals surface area contributed by atoms with Gasteiger partial charge in [-0.3, -0.25) is 9.59 Å². The summed E-state index contributed by atoms with van der Waals surface area (Å²) in [5.41, 5.74) is 18.4. The third-order valence-electron chi connectivity index (χ3n) is 6.58. The number of nitrogens with one attached hydrogen (secondary N) is 1. The number of carbonyl (C=O) groups is 2.